The quantitative estimate of drug-likeness (QED) is 0.270. The molecule has 0 radical (unpaired) electrons. The van der Waals surface area contributed by atoms with Gasteiger partial charge in [-0.25, -0.2) is 0 Å². The Hall–Kier alpha value is -3.91. The van der Waals surface area contributed by atoms with Crippen molar-refractivity contribution in [2.75, 3.05) is 11.1 Å². The topological polar surface area (TPSA) is 86.1 Å². The molecule has 1 heterocycles. The Morgan fingerprint density at radius 3 is 2.44 bits per heavy atom. The summed E-state index contributed by atoms with van der Waals surface area (Å²) in [5.41, 5.74) is 3.23. The number of thioether (sulfide) groups is 1. The number of para-hydroxylation sites is 1. The maximum atomic E-state index is 12.5. The first-order valence-corrected chi connectivity index (χ1v) is 11.7. The van der Waals surface area contributed by atoms with Crippen molar-refractivity contribution in [2.45, 2.75) is 25.6 Å². The fourth-order valence-electron chi connectivity index (χ4n) is 3.29. The Bertz CT molecular complexity index is 1290. The van der Waals surface area contributed by atoms with Gasteiger partial charge in [-0.15, -0.1) is 10.2 Å². The average Bonchev–Trinajstić information content (AvgIpc) is 3.25. The molecule has 7 nitrogen and oxygen atoms in total. The lowest BCUT2D eigenvalue weighted by atomic mass is 10.1. The van der Waals surface area contributed by atoms with Crippen LogP contribution in [0.1, 0.15) is 28.7 Å². The first kappa shape index (κ1) is 23.3. The van der Waals surface area contributed by atoms with E-state index in [-0.39, 0.29) is 24.1 Å². The SMILES string of the molecule is CC(=O)c1ccc(NC(=O)CSc2nnc(COc3cccc(C)c3)n2-c2ccccc2)cc1. The van der Waals surface area contributed by atoms with Crippen LogP contribution in [0.3, 0.4) is 0 Å². The number of anilines is 1. The van der Waals surface area contributed by atoms with Crippen LogP contribution >= 0.6 is 11.8 Å². The van der Waals surface area contributed by atoms with Crippen molar-refractivity contribution in [2.24, 2.45) is 0 Å². The Morgan fingerprint density at radius 2 is 1.74 bits per heavy atom. The highest BCUT2D eigenvalue weighted by atomic mass is 32.2. The third-order valence-corrected chi connectivity index (χ3v) is 5.91. The third kappa shape index (κ3) is 5.90. The molecule has 1 aromatic heterocycles. The van der Waals surface area contributed by atoms with Gasteiger partial charge in [0, 0.05) is 16.9 Å². The van der Waals surface area contributed by atoms with E-state index in [2.05, 4.69) is 15.5 Å². The van der Waals surface area contributed by atoms with Gasteiger partial charge in [0.05, 0.1) is 5.75 Å². The fourth-order valence-corrected chi connectivity index (χ4v) is 4.06. The van der Waals surface area contributed by atoms with Crippen molar-refractivity contribution < 1.29 is 14.3 Å². The fraction of sp³-hybridized carbons (Fsp3) is 0.154. The number of rotatable bonds is 9. The van der Waals surface area contributed by atoms with Crippen molar-refractivity contribution in [3.63, 3.8) is 0 Å². The summed E-state index contributed by atoms with van der Waals surface area (Å²) < 4.78 is 7.84. The Morgan fingerprint density at radius 1 is 0.971 bits per heavy atom. The summed E-state index contributed by atoms with van der Waals surface area (Å²) >= 11 is 1.29. The zero-order valence-corrected chi connectivity index (χ0v) is 19.7. The summed E-state index contributed by atoms with van der Waals surface area (Å²) in [6.07, 6.45) is 0. The van der Waals surface area contributed by atoms with E-state index in [0.717, 1.165) is 17.0 Å². The molecule has 0 unspecified atom stereocenters. The smallest absolute Gasteiger partial charge is 0.234 e. The number of carbonyl (C=O) groups excluding carboxylic acids is 2. The summed E-state index contributed by atoms with van der Waals surface area (Å²) in [4.78, 5) is 23.9. The van der Waals surface area contributed by atoms with Crippen LogP contribution in [0, 0.1) is 6.92 Å². The molecular weight excluding hydrogens is 448 g/mol. The van der Waals surface area contributed by atoms with Crippen molar-refractivity contribution in [3.05, 3.63) is 95.8 Å². The third-order valence-electron chi connectivity index (χ3n) is 4.98. The summed E-state index contributed by atoms with van der Waals surface area (Å²) in [6, 6.07) is 24.4. The molecule has 0 aliphatic rings. The van der Waals surface area contributed by atoms with Gasteiger partial charge in [-0.2, -0.15) is 0 Å². The molecule has 0 atom stereocenters. The zero-order valence-electron chi connectivity index (χ0n) is 18.9. The van der Waals surface area contributed by atoms with E-state index in [0.29, 0.717) is 22.2 Å². The molecule has 0 bridgehead atoms. The van der Waals surface area contributed by atoms with Crippen molar-refractivity contribution >= 4 is 29.1 Å². The number of carbonyl (C=O) groups is 2. The van der Waals surface area contributed by atoms with E-state index >= 15 is 0 Å². The van der Waals surface area contributed by atoms with Gasteiger partial charge in [-0.1, -0.05) is 42.1 Å². The van der Waals surface area contributed by atoms with E-state index in [4.69, 9.17) is 4.74 Å². The van der Waals surface area contributed by atoms with Gasteiger partial charge in [0.25, 0.3) is 0 Å². The van der Waals surface area contributed by atoms with Gasteiger partial charge >= 0.3 is 0 Å². The zero-order chi connectivity index (χ0) is 23.9. The van der Waals surface area contributed by atoms with E-state index in [1.54, 1.807) is 24.3 Å². The number of amides is 1. The van der Waals surface area contributed by atoms with Crippen LogP contribution in [0.4, 0.5) is 5.69 Å². The molecule has 8 heteroatoms. The predicted octanol–water partition coefficient (Wildman–Crippen LogP) is 5.09. The number of nitrogens with zero attached hydrogens (tertiary/aromatic N) is 3. The molecule has 0 aliphatic heterocycles. The van der Waals surface area contributed by atoms with E-state index in [1.165, 1.54) is 18.7 Å². The molecule has 0 saturated heterocycles. The summed E-state index contributed by atoms with van der Waals surface area (Å²) in [7, 11) is 0. The highest BCUT2D eigenvalue weighted by Crippen LogP contribution is 2.24. The second-order valence-corrected chi connectivity index (χ2v) is 8.59. The van der Waals surface area contributed by atoms with Gasteiger partial charge < -0.3 is 10.1 Å². The number of benzene rings is 3. The first-order chi connectivity index (χ1) is 16.5. The van der Waals surface area contributed by atoms with Crippen molar-refractivity contribution in [3.8, 4) is 11.4 Å². The van der Waals surface area contributed by atoms with Crippen LogP contribution in [0.15, 0.2) is 84.0 Å². The highest BCUT2D eigenvalue weighted by Gasteiger charge is 2.16. The molecular formula is C26H24N4O3S. The molecule has 34 heavy (non-hydrogen) atoms. The van der Waals surface area contributed by atoms with Crippen LogP contribution < -0.4 is 10.1 Å². The van der Waals surface area contributed by atoms with E-state index in [9.17, 15) is 9.59 Å². The Kier molecular flexibility index (Phi) is 7.39. The lowest BCUT2D eigenvalue weighted by Gasteiger charge is -2.11. The maximum absolute atomic E-state index is 12.5. The molecule has 1 N–H and O–H groups in total. The number of nitrogens with one attached hydrogen (secondary N) is 1. The normalized spacial score (nSPS) is 10.6. The van der Waals surface area contributed by atoms with Gasteiger partial charge in [0.2, 0.25) is 5.91 Å². The number of ether oxygens (including phenoxy) is 1. The minimum atomic E-state index is -0.180. The molecule has 4 aromatic rings. The van der Waals surface area contributed by atoms with Crippen molar-refractivity contribution in [1.29, 1.82) is 0 Å². The molecule has 0 aliphatic carbocycles. The van der Waals surface area contributed by atoms with Gasteiger partial charge in [-0.3, -0.25) is 14.2 Å². The average molecular weight is 473 g/mol. The number of hydrogen-bond donors (Lipinski definition) is 1. The molecule has 0 saturated carbocycles. The number of ketones is 1. The second kappa shape index (κ2) is 10.8. The monoisotopic (exact) mass is 472 g/mol. The lowest BCUT2D eigenvalue weighted by molar-refractivity contribution is -0.113. The molecule has 4 rings (SSSR count). The molecule has 3 aromatic carbocycles. The number of aryl methyl sites for hydroxylation is 1. The molecule has 1 amide bonds. The second-order valence-electron chi connectivity index (χ2n) is 7.65. The minimum Gasteiger partial charge on any atom is -0.486 e. The maximum Gasteiger partial charge on any atom is 0.234 e. The van der Waals surface area contributed by atoms with Crippen LogP contribution in [0.2, 0.25) is 0 Å². The standard InChI is InChI=1S/C26H24N4O3S/c1-18-7-6-10-23(15-18)33-16-24-28-29-26(30(24)22-8-4-3-5-9-22)34-17-25(32)27-21-13-11-20(12-14-21)19(2)31/h3-15H,16-17H2,1-2H3,(H,27,32). The number of hydrogen-bond acceptors (Lipinski definition) is 6. The summed E-state index contributed by atoms with van der Waals surface area (Å²) in [5, 5.41) is 12.1. The van der Waals surface area contributed by atoms with Crippen LogP contribution in [0.5, 0.6) is 5.75 Å². The highest BCUT2D eigenvalue weighted by molar-refractivity contribution is 7.99. The van der Waals surface area contributed by atoms with E-state index < -0.39 is 0 Å². The van der Waals surface area contributed by atoms with Gasteiger partial charge in [0.1, 0.15) is 12.4 Å². The van der Waals surface area contributed by atoms with Crippen LogP contribution in [-0.4, -0.2) is 32.2 Å². The molecule has 0 fully saturated rings. The molecule has 172 valence electrons. The Labute approximate surface area is 202 Å². The minimum absolute atomic E-state index is 0.0177. The van der Waals surface area contributed by atoms with E-state index in [1.807, 2.05) is 66.1 Å². The first-order valence-electron chi connectivity index (χ1n) is 10.7. The number of aromatic nitrogens is 3. The predicted molar refractivity (Wildman–Crippen MR) is 133 cm³/mol. The Balaban J connectivity index is 1.46. The van der Waals surface area contributed by atoms with Crippen LogP contribution in [-0.2, 0) is 11.4 Å². The summed E-state index contributed by atoms with van der Waals surface area (Å²) in [6.45, 7) is 3.75. The lowest BCUT2D eigenvalue weighted by Crippen LogP contribution is -2.15. The van der Waals surface area contributed by atoms with Crippen LogP contribution in [0.25, 0.3) is 5.69 Å². The largest absolute Gasteiger partial charge is 0.486 e. The molecule has 0 spiro atoms. The number of Topliss-reactive ketones (excluding diaryl/α,β-unsaturated/α-hetero) is 1. The van der Waals surface area contributed by atoms with Gasteiger partial charge in [-0.05, 0) is 67.9 Å². The summed E-state index contributed by atoms with van der Waals surface area (Å²) in [5.74, 6) is 1.34. The van der Waals surface area contributed by atoms with Gasteiger partial charge in [0.15, 0.2) is 16.8 Å². The van der Waals surface area contributed by atoms with Crippen molar-refractivity contribution in [1.82, 2.24) is 14.8 Å².